The summed E-state index contributed by atoms with van der Waals surface area (Å²) in [5.41, 5.74) is 0. The fourth-order valence-corrected chi connectivity index (χ4v) is 2.36. The first-order chi connectivity index (χ1) is 11.2. The van der Waals surface area contributed by atoms with E-state index < -0.39 is 0 Å². The number of hydrogen-bond acceptors (Lipinski definition) is 5. The zero-order valence-electron chi connectivity index (χ0n) is 13.8. The van der Waals surface area contributed by atoms with Crippen LogP contribution in [0, 0.1) is 0 Å². The Balaban J connectivity index is 3.05. The van der Waals surface area contributed by atoms with Gasteiger partial charge in [-0.25, -0.2) is 0 Å². The number of unbranched alkanes of at least 4 members (excludes halogenated alkanes) is 2. The van der Waals surface area contributed by atoms with E-state index in [-0.39, 0.29) is 11.6 Å². The average Bonchev–Trinajstić information content (AvgIpc) is 2.57. The molecule has 0 heterocycles. The van der Waals surface area contributed by atoms with Gasteiger partial charge >= 0.3 is 0 Å². The fourth-order valence-electron chi connectivity index (χ4n) is 1.80. The summed E-state index contributed by atoms with van der Waals surface area (Å²) in [6.45, 7) is 4.40. The van der Waals surface area contributed by atoms with E-state index in [1.165, 1.54) is 0 Å². The monoisotopic (exact) mass is 457 g/mol. The first kappa shape index (κ1) is 23.2. The summed E-state index contributed by atoms with van der Waals surface area (Å²) < 4.78 is 11.0. The summed E-state index contributed by atoms with van der Waals surface area (Å²) in [5.74, 6) is 0.503. The molecule has 0 spiro atoms. The number of carbonyl (C=O) groups excluding carboxylic acids is 2. The Morgan fingerprint density at radius 2 is 1.13 bits per heavy atom. The molecular formula is C16H29Br2NO4. The predicted molar refractivity (Wildman–Crippen MR) is 99.8 cm³/mol. The van der Waals surface area contributed by atoms with E-state index in [9.17, 15) is 9.59 Å². The molecular weight excluding hydrogens is 430 g/mol. The van der Waals surface area contributed by atoms with E-state index in [1.54, 1.807) is 0 Å². The third-order valence-corrected chi connectivity index (χ3v) is 4.38. The molecule has 0 aliphatic heterocycles. The van der Waals surface area contributed by atoms with Gasteiger partial charge < -0.3 is 14.8 Å². The third-order valence-electron chi connectivity index (χ3n) is 3.13. The van der Waals surface area contributed by atoms with Crippen LogP contribution in [0.3, 0.4) is 0 Å². The van der Waals surface area contributed by atoms with Crippen molar-refractivity contribution in [2.45, 2.75) is 38.5 Å². The molecule has 136 valence electrons. The molecule has 7 heteroatoms. The lowest BCUT2D eigenvalue weighted by Crippen LogP contribution is -2.24. The quantitative estimate of drug-likeness (QED) is 0.252. The van der Waals surface area contributed by atoms with Gasteiger partial charge in [-0.15, -0.1) is 0 Å². The Morgan fingerprint density at radius 1 is 0.696 bits per heavy atom. The van der Waals surface area contributed by atoms with Crippen molar-refractivity contribution in [2.75, 3.05) is 50.2 Å². The van der Waals surface area contributed by atoms with Gasteiger partial charge in [0, 0.05) is 39.1 Å². The van der Waals surface area contributed by atoms with Gasteiger partial charge in [0.05, 0.1) is 23.9 Å². The number of hydrogen-bond donors (Lipinski definition) is 1. The lowest BCUT2D eigenvalue weighted by Gasteiger charge is -2.07. The molecule has 0 unspecified atom stereocenters. The standard InChI is InChI=1S/C16H29Br2NO4/c17-13-15(20)5-1-3-9-22-11-7-19-8-12-23-10-4-2-6-16(21)14-18/h19H,1-14H2. The lowest BCUT2D eigenvalue weighted by molar-refractivity contribution is -0.117. The normalized spacial score (nSPS) is 10.9. The SMILES string of the molecule is O=C(CBr)CCCCOCCNCCOCCCCC(=O)CBr. The molecule has 0 aromatic heterocycles. The Labute approximate surface area is 156 Å². The molecule has 0 bridgehead atoms. The maximum absolute atomic E-state index is 11.0. The molecule has 0 atom stereocenters. The number of Topliss-reactive ketones (excluding diaryl/α,β-unsaturated/α-hetero) is 2. The third kappa shape index (κ3) is 18.4. The molecule has 0 aromatic rings. The highest BCUT2D eigenvalue weighted by molar-refractivity contribution is 9.09. The van der Waals surface area contributed by atoms with Crippen molar-refractivity contribution in [2.24, 2.45) is 0 Å². The molecule has 0 aliphatic carbocycles. The van der Waals surface area contributed by atoms with E-state index in [0.717, 1.165) is 38.8 Å². The van der Waals surface area contributed by atoms with Crippen LogP contribution in [0.15, 0.2) is 0 Å². The summed E-state index contributed by atoms with van der Waals surface area (Å²) in [6, 6.07) is 0. The summed E-state index contributed by atoms with van der Waals surface area (Å²) in [7, 11) is 0. The van der Waals surface area contributed by atoms with Gasteiger partial charge in [0.2, 0.25) is 0 Å². The minimum absolute atomic E-state index is 0.251. The maximum atomic E-state index is 11.0. The van der Waals surface area contributed by atoms with Crippen LogP contribution in [0.2, 0.25) is 0 Å². The highest BCUT2D eigenvalue weighted by atomic mass is 79.9. The molecule has 0 fully saturated rings. The van der Waals surface area contributed by atoms with Crippen LogP contribution in [-0.4, -0.2) is 61.7 Å². The second kappa shape index (κ2) is 18.5. The molecule has 0 aromatic carbocycles. The number of ether oxygens (including phenoxy) is 2. The number of ketones is 2. The van der Waals surface area contributed by atoms with E-state index >= 15 is 0 Å². The number of halogens is 2. The molecule has 5 nitrogen and oxygen atoms in total. The summed E-state index contributed by atoms with van der Waals surface area (Å²) in [5, 5.41) is 4.16. The minimum Gasteiger partial charge on any atom is -0.380 e. The molecule has 0 saturated carbocycles. The van der Waals surface area contributed by atoms with Crippen molar-refractivity contribution in [3.05, 3.63) is 0 Å². The predicted octanol–water partition coefficient (Wildman–Crippen LogP) is 2.88. The zero-order valence-corrected chi connectivity index (χ0v) is 17.0. The molecule has 0 radical (unpaired) electrons. The van der Waals surface area contributed by atoms with Gasteiger partial charge in [-0.3, -0.25) is 9.59 Å². The van der Waals surface area contributed by atoms with Crippen molar-refractivity contribution >= 4 is 43.4 Å². The van der Waals surface area contributed by atoms with Crippen LogP contribution in [0.1, 0.15) is 38.5 Å². The van der Waals surface area contributed by atoms with Gasteiger partial charge in [-0.1, -0.05) is 31.9 Å². The Kier molecular flexibility index (Phi) is 18.7. The summed E-state index contributed by atoms with van der Waals surface area (Å²) in [4.78, 5) is 22.1. The minimum atomic E-state index is 0.251. The van der Waals surface area contributed by atoms with Gasteiger partial charge in [-0.2, -0.15) is 0 Å². The molecule has 0 saturated heterocycles. The number of nitrogens with one attached hydrogen (secondary N) is 1. The van der Waals surface area contributed by atoms with Crippen molar-refractivity contribution in [3.63, 3.8) is 0 Å². The zero-order chi connectivity index (χ0) is 17.2. The second-order valence-electron chi connectivity index (χ2n) is 5.23. The van der Waals surface area contributed by atoms with E-state index in [0.29, 0.717) is 49.9 Å². The van der Waals surface area contributed by atoms with E-state index in [1.807, 2.05) is 0 Å². The summed E-state index contributed by atoms with van der Waals surface area (Å²) in [6.07, 6.45) is 4.92. The highest BCUT2D eigenvalue weighted by Crippen LogP contribution is 1.99. The van der Waals surface area contributed by atoms with Crippen LogP contribution < -0.4 is 5.32 Å². The molecule has 0 amide bonds. The Hall–Kier alpha value is 0.180. The molecule has 1 N–H and O–H groups in total. The van der Waals surface area contributed by atoms with Crippen LogP contribution in [0.25, 0.3) is 0 Å². The summed E-state index contributed by atoms with van der Waals surface area (Å²) >= 11 is 6.30. The Bertz CT molecular complexity index is 276. The smallest absolute Gasteiger partial charge is 0.143 e. The van der Waals surface area contributed by atoms with Crippen molar-refractivity contribution in [3.8, 4) is 0 Å². The molecule has 23 heavy (non-hydrogen) atoms. The largest absolute Gasteiger partial charge is 0.380 e. The van der Waals surface area contributed by atoms with Gasteiger partial charge in [-0.05, 0) is 25.7 Å². The average molecular weight is 459 g/mol. The lowest BCUT2D eigenvalue weighted by atomic mass is 10.2. The highest BCUT2D eigenvalue weighted by Gasteiger charge is 1.99. The van der Waals surface area contributed by atoms with Gasteiger partial charge in [0.1, 0.15) is 11.6 Å². The number of carbonyl (C=O) groups is 2. The van der Waals surface area contributed by atoms with Crippen molar-refractivity contribution in [1.82, 2.24) is 5.32 Å². The molecule has 0 aliphatic rings. The van der Waals surface area contributed by atoms with Crippen LogP contribution in [0.4, 0.5) is 0 Å². The van der Waals surface area contributed by atoms with Crippen LogP contribution >= 0.6 is 31.9 Å². The second-order valence-corrected chi connectivity index (χ2v) is 6.36. The first-order valence-electron chi connectivity index (χ1n) is 8.22. The van der Waals surface area contributed by atoms with Crippen LogP contribution in [-0.2, 0) is 19.1 Å². The van der Waals surface area contributed by atoms with E-state index in [2.05, 4.69) is 37.2 Å². The van der Waals surface area contributed by atoms with Crippen LogP contribution in [0.5, 0.6) is 0 Å². The topological polar surface area (TPSA) is 64.6 Å². The number of rotatable bonds is 18. The first-order valence-corrected chi connectivity index (χ1v) is 10.5. The maximum Gasteiger partial charge on any atom is 0.143 e. The number of alkyl halides is 2. The van der Waals surface area contributed by atoms with E-state index in [4.69, 9.17) is 9.47 Å². The van der Waals surface area contributed by atoms with Gasteiger partial charge in [0.25, 0.3) is 0 Å². The molecule has 0 rings (SSSR count). The van der Waals surface area contributed by atoms with Crippen molar-refractivity contribution in [1.29, 1.82) is 0 Å². The fraction of sp³-hybridized carbons (Fsp3) is 0.875. The Morgan fingerprint density at radius 3 is 1.52 bits per heavy atom. The van der Waals surface area contributed by atoms with Crippen molar-refractivity contribution < 1.29 is 19.1 Å². The van der Waals surface area contributed by atoms with Gasteiger partial charge in [0.15, 0.2) is 0 Å².